The first kappa shape index (κ1) is 22.4. The minimum Gasteiger partial charge on any atom is -0.495 e. The Morgan fingerprint density at radius 1 is 1.13 bits per heavy atom. The summed E-state index contributed by atoms with van der Waals surface area (Å²) in [6.45, 7) is 12.8. The average Bonchev–Trinajstić information content (AvgIpc) is 3.19. The number of hydrogen-bond acceptors (Lipinski definition) is 4. The van der Waals surface area contributed by atoms with E-state index in [0.29, 0.717) is 24.5 Å². The van der Waals surface area contributed by atoms with E-state index in [4.69, 9.17) is 4.74 Å². The number of rotatable bonds is 5. The zero-order chi connectivity index (χ0) is 21.9. The lowest BCUT2D eigenvalue weighted by Crippen LogP contribution is -2.59. The minimum absolute atomic E-state index is 0.0346. The Morgan fingerprint density at radius 2 is 1.83 bits per heavy atom. The largest absolute Gasteiger partial charge is 0.495 e. The molecular weight excluding hydrogens is 380 g/mol. The lowest BCUT2D eigenvalue weighted by atomic mass is 9.92. The summed E-state index contributed by atoms with van der Waals surface area (Å²) in [5, 5.41) is 3.00. The second kappa shape index (κ2) is 9.25. The van der Waals surface area contributed by atoms with E-state index >= 15 is 0 Å². The van der Waals surface area contributed by atoms with Crippen LogP contribution in [0.25, 0.3) is 0 Å². The molecule has 3 amide bonds. The molecule has 2 fully saturated rings. The predicted molar refractivity (Wildman–Crippen MR) is 119 cm³/mol. The van der Waals surface area contributed by atoms with Crippen molar-refractivity contribution >= 4 is 17.6 Å². The quantitative estimate of drug-likeness (QED) is 0.801. The predicted octanol–water partition coefficient (Wildman–Crippen LogP) is 3.19. The van der Waals surface area contributed by atoms with Crippen molar-refractivity contribution < 1.29 is 14.3 Å². The highest BCUT2D eigenvalue weighted by Gasteiger charge is 2.44. The van der Waals surface area contributed by atoms with Gasteiger partial charge in [0.05, 0.1) is 12.8 Å². The fraction of sp³-hybridized carbons (Fsp3) is 0.652. The molecule has 1 atom stereocenters. The number of benzene rings is 1. The fourth-order valence-electron chi connectivity index (χ4n) is 4.68. The highest BCUT2D eigenvalue weighted by Crippen LogP contribution is 2.33. The van der Waals surface area contributed by atoms with Crippen molar-refractivity contribution in [3.63, 3.8) is 0 Å². The van der Waals surface area contributed by atoms with Crippen LogP contribution in [0.5, 0.6) is 5.75 Å². The third-order valence-electron chi connectivity index (χ3n) is 6.63. The minimum atomic E-state index is -0.0906. The maximum atomic E-state index is 12.8. The van der Waals surface area contributed by atoms with Crippen molar-refractivity contribution in [1.82, 2.24) is 14.7 Å². The van der Waals surface area contributed by atoms with Gasteiger partial charge in [-0.15, -0.1) is 0 Å². The van der Waals surface area contributed by atoms with E-state index in [9.17, 15) is 9.59 Å². The van der Waals surface area contributed by atoms with Gasteiger partial charge in [0.1, 0.15) is 5.75 Å². The third-order valence-corrected chi connectivity index (χ3v) is 6.63. The van der Waals surface area contributed by atoms with Gasteiger partial charge in [-0.2, -0.15) is 0 Å². The summed E-state index contributed by atoms with van der Waals surface area (Å²) < 4.78 is 5.37. The summed E-state index contributed by atoms with van der Waals surface area (Å²) in [5.41, 5.74) is 1.81. The second-order valence-corrected chi connectivity index (χ2v) is 8.85. The highest BCUT2D eigenvalue weighted by molar-refractivity contribution is 5.91. The highest BCUT2D eigenvalue weighted by atomic mass is 16.5. The standard InChI is InChI=1S/C23H36N4O3/c1-6-23(9-10-26(16-23)21(28)17(2)3)27-13-11-25(12-14-27)22(29)24-19-15-18(4)7-8-20(19)30-5/h7-8,15,17H,6,9-14,16H2,1-5H3,(H,24,29). The van der Waals surface area contributed by atoms with Gasteiger partial charge in [-0.1, -0.05) is 26.8 Å². The molecule has 3 rings (SSSR count). The number of urea groups is 1. The number of methoxy groups -OCH3 is 1. The molecular formula is C23H36N4O3. The van der Waals surface area contributed by atoms with Gasteiger partial charge in [0.15, 0.2) is 0 Å². The molecule has 0 aliphatic carbocycles. The number of likely N-dealkylation sites (tertiary alicyclic amines) is 1. The Bertz CT molecular complexity index is 774. The first-order valence-electron chi connectivity index (χ1n) is 11.0. The summed E-state index contributed by atoms with van der Waals surface area (Å²) in [5.74, 6) is 0.950. The van der Waals surface area contributed by atoms with Gasteiger partial charge >= 0.3 is 6.03 Å². The molecule has 1 N–H and O–H groups in total. The van der Waals surface area contributed by atoms with E-state index < -0.39 is 0 Å². The van der Waals surface area contributed by atoms with Gasteiger partial charge in [-0.3, -0.25) is 9.69 Å². The maximum absolute atomic E-state index is 12.8. The number of amides is 3. The molecule has 30 heavy (non-hydrogen) atoms. The number of carbonyl (C=O) groups is 2. The van der Waals surface area contributed by atoms with E-state index in [0.717, 1.165) is 44.6 Å². The number of nitrogens with zero attached hydrogens (tertiary/aromatic N) is 3. The molecule has 0 spiro atoms. The van der Waals surface area contributed by atoms with Crippen LogP contribution >= 0.6 is 0 Å². The summed E-state index contributed by atoms with van der Waals surface area (Å²) in [7, 11) is 1.61. The number of carbonyl (C=O) groups excluding carboxylic acids is 2. The van der Waals surface area contributed by atoms with E-state index in [1.165, 1.54) is 0 Å². The van der Waals surface area contributed by atoms with Crippen LogP contribution in [0.3, 0.4) is 0 Å². The Balaban J connectivity index is 1.59. The van der Waals surface area contributed by atoms with Gasteiger partial charge in [-0.05, 0) is 37.5 Å². The lowest BCUT2D eigenvalue weighted by molar-refractivity contribution is -0.134. The summed E-state index contributed by atoms with van der Waals surface area (Å²) in [6, 6.07) is 5.68. The Labute approximate surface area is 180 Å². The van der Waals surface area contributed by atoms with Crippen molar-refractivity contribution in [2.45, 2.75) is 46.1 Å². The van der Waals surface area contributed by atoms with Gasteiger partial charge in [-0.25, -0.2) is 4.79 Å². The molecule has 7 nitrogen and oxygen atoms in total. The van der Waals surface area contributed by atoms with Crippen LogP contribution in [-0.4, -0.2) is 78.6 Å². The third kappa shape index (κ3) is 4.56. The molecule has 2 aliphatic heterocycles. The number of piperazine rings is 1. The number of aryl methyl sites for hydroxylation is 1. The molecule has 7 heteroatoms. The summed E-state index contributed by atoms with van der Waals surface area (Å²) in [4.78, 5) is 31.7. The van der Waals surface area contributed by atoms with Crippen LogP contribution in [-0.2, 0) is 4.79 Å². The summed E-state index contributed by atoms with van der Waals surface area (Å²) >= 11 is 0. The molecule has 0 saturated carbocycles. The molecule has 1 unspecified atom stereocenters. The maximum Gasteiger partial charge on any atom is 0.322 e. The molecule has 0 radical (unpaired) electrons. The zero-order valence-electron chi connectivity index (χ0n) is 19.0. The van der Waals surface area contributed by atoms with Crippen molar-refractivity contribution in [3.05, 3.63) is 23.8 Å². The van der Waals surface area contributed by atoms with Crippen LogP contribution < -0.4 is 10.1 Å². The van der Waals surface area contributed by atoms with Crippen molar-refractivity contribution in [1.29, 1.82) is 0 Å². The number of nitrogens with one attached hydrogen (secondary N) is 1. The van der Waals surface area contributed by atoms with Crippen molar-refractivity contribution in [3.8, 4) is 5.75 Å². The summed E-state index contributed by atoms with van der Waals surface area (Å²) in [6.07, 6.45) is 2.02. The molecule has 0 aromatic heterocycles. The fourth-order valence-corrected chi connectivity index (χ4v) is 4.68. The average molecular weight is 417 g/mol. The van der Waals surface area contributed by atoms with Gasteiger partial charge in [0.2, 0.25) is 5.91 Å². The van der Waals surface area contributed by atoms with Crippen LogP contribution in [0.2, 0.25) is 0 Å². The molecule has 1 aromatic rings. The van der Waals surface area contributed by atoms with E-state index in [2.05, 4.69) is 17.1 Å². The van der Waals surface area contributed by atoms with Crippen LogP contribution in [0.4, 0.5) is 10.5 Å². The molecule has 0 bridgehead atoms. The molecule has 2 heterocycles. The second-order valence-electron chi connectivity index (χ2n) is 8.85. The number of anilines is 1. The molecule has 2 saturated heterocycles. The monoisotopic (exact) mass is 416 g/mol. The van der Waals surface area contributed by atoms with E-state index in [1.807, 2.05) is 48.8 Å². The van der Waals surface area contributed by atoms with Gasteiger partial charge < -0.3 is 19.9 Å². The van der Waals surface area contributed by atoms with E-state index in [-0.39, 0.29) is 23.4 Å². The smallest absolute Gasteiger partial charge is 0.322 e. The molecule has 2 aliphatic rings. The topological polar surface area (TPSA) is 65.1 Å². The number of ether oxygens (including phenoxy) is 1. The normalized spacial score (nSPS) is 22.5. The Morgan fingerprint density at radius 3 is 2.43 bits per heavy atom. The van der Waals surface area contributed by atoms with E-state index in [1.54, 1.807) is 7.11 Å². The lowest BCUT2D eigenvalue weighted by Gasteiger charge is -2.45. The zero-order valence-corrected chi connectivity index (χ0v) is 19.0. The Kier molecular flexibility index (Phi) is 6.91. The van der Waals surface area contributed by atoms with Crippen LogP contribution in [0, 0.1) is 12.8 Å². The molecule has 166 valence electrons. The molecule has 1 aromatic carbocycles. The van der Waals surface area contributed by atoms with Crippen molar-refractivity contribution in [2.75, 3.05) is 51.7 Å². The van der Waals surface area contributed by atoms with Gasteiger partial charge in [0.25, 0.3) is 0 Å². The Hall–Kier alpha value is -2.28. The van der Waals surface area contributed by atoms with Crippen LogP contribution in [0.1, 0.15) is 39.2 Å². The number of hydrogen-bond donors (Lipinski definition) is 1. The van der Waals surface area contributed by atoms with Crippen molar-refractivity contribution in [2.24, 2.45) is 5.92 Å². The first-order chi connectivity index (χ1) is 14.3. The SMILES string of the molecule is CCC1(N2CCN(C(=O)Nc3cc(C)ccc3OC)CC2)CCN(C(=O)C(C)C)C1. The first-order valence-corrected chi connectivity index (χ1v) is 11.0. The van der Waals surface area contributed by atoms with Crippen LogP contribution in [0.15, 0.2) is 18.2 Å². The van der Waals surface area contributed by atoms with Gasteiger partial charge in [0, 0.05) is 50.7 Å².